The smallest absolute Gasteiger partial charge is 0.178 e. The van der Waals surface area contributed by atoms with E-state index in [0.717, 1.165) is 0 Å². The summed E-state index contributed by atoms with van der Waals surface area (Å²) in [7, 11) is -1.69. The largest absolute Gasteiger partial charge is 0.293 e. The first kappa shape index (κ1) is 13.6. The lowest BCUT2D eigenvalue weighted by atomic mass is 10.1. The third kappa shape index (κ3) is 2.96. The molecule has 0 spiro atoms. The minimum atomic E-state index is -1.69. The maximum atomic E-state index is 13.6. The van der Waals surface area contributed by atoms with Gasteiger partial charge in [-0.25, -0.2) is 4.39 Å². The summed E-state index contributed by atoms with van der Waals surface area (Å²) >= 11 is 0. The number of rotatable bonds is 4. The molecule has 4 heteroatoms. The first-order valence-corrected chi connectivity index (χ1v) is 7.07. The van der Waals surface area contributed by atoms with E-state index < -0.39 is 21.9 Å². The van der Waals surface area contributed by atoms with Crippen LogP contribution in [0.2, 0.25) is 0 Å². The minimum Gasteiger partial charge on any atom is -0.293 e. The Bertz CT molecular complexity index is 611. The highest BCUT2D eigenvalue weighted by Crippen LogP contribution is 2.18. The van der Waals surface area contributed by atoms with Crippen molar-refractivity contribution in [3.8, 4) is 0 Å². The van der Waals surface area contributed by atoms with Crippen molar-refractivity contribution in [2.45, 2.75) is 17.1 Å². The van der Waals surface area contributed by atoms with Crippen molar-refractivity contribution < 1.29 is 13.4 Å². The number of benzene rings is 2. The second kappa shape index (κ2) is 5.89. The maximum absolute atomic E-state index is 13.6. The van der Waals surface area contributed by atoms with Gasteiger partial charge in [-0.2, -0.15) is 0 Å². The molecule has 0 bridgehead atoms. The van der Waals surface area contributed by atoms with Gasteiger partial charge in [0.25, 0.3) is 0 Å². The summed E-state index contributed by atoms with van der Waals surface area (Å²) in [5.74, 6) is -0.796. The van der Waals surface area contributed by atoms with Crippen LogP contribution in [-0.2, 0) is 10.8 Å². The van der Waals surface area contributed by atoms with Crippen LogP contribution in [0.25, 0.3) is 0 Å². The van der Waals surface area contributed by atoms with Gasteiger partial charge in [0.15, 0.2) is 5.78 Å². The molecule has 19 heavy (non-hydrogen) atoms. The van der Waals surface area contributed by atoms with E-state index in [1.54, 1.807) is 43.3 Å². The van der Waals surface area contributed by atoms with E-state index in [1.165, 1.54) is 18.2 Å². The number of hydrogen-bond donors (Lipinski definition) is 0. The first-order chi connectivity index (χ1) is 9.11. The second-order valence-electron chi connectivity index (χ2n) is 4.10. The molecule has 2 aromatic carbocycles. The van der Waals surface area contributed by atoms with E-state index in [4.69, 9.17) is 0 Å². The summed E-state index contributed by atoms with van der Waals surface area (Å²) in [5, 5.41) is -0.778. The molecule has 0 amide bonds. The van der Waals surface area contributed by atoms with Crippen molar-refractivity contribution in [1.82, 2.24) is 0 Å². The van der Waals surface area contributed by atoms with Crippen LogP contribution in [0.3, 0.4) is 0 Å². The molecule has 2 rings (SSSR count). The summed E-state index contributed by atoms with van der Waals surface area (Å²) in [6, 6.07) is 14.4. The standard InChI is InChI=1S/C15H13FO2S/c1-11(15(17)12-7-3-2-4-8-12)19(18)14-10-6-5-9-13(14)16/h2-11H,1H3. The topological polar surface area (TPSA) is 34.1 Å². The Morgan fingerprint density at radius 3 is 2.26 bits per heavy atom. The van der Waals surface area contributed by atoms with Crippen LogP contribution < -0.4 is 0 Å². The number of halogens is 1. The van der Waals surface area contributed by atoms with Gasteiger partial charge in [-0.15, -0.1) is 0 Å². The van der Waals surface area contributed by atoms with Crippen LogP contribution in [0.1, 0.15) is 17.3 Å². The minimum absolute atomic E-state index is 0.0688. The Kier molecular flexibility index (Phi) is 4.22. The lowest BCUT2D eigenvalue weighted by Gasteiger charge is -2.11. The van der Waals surface area contributed by atoms with Crippen LogP contribution in [0, 0.1) is 5.82 Å². The molecule has 0 saturated carbocycles. The SMILES string of the molecule is CC(C(=O)c1ccccc1)S(=O)c1ccccc1F. The van der Waals surface area contributed by atoms with Gasteiger partial charge in [-0.1, -0.05) is 42.5 Å². The molecule has 0 aliphatic heterocycles. The van der Waals surface area contributed by atoms with Gasteiger partial charge >= 0.3 is 0 Å². The molecule has 0 aromatic heterocycles. The Balaban J connectivity index is 2.26. The van der Waals surface area contributed by atoms with E-state index >= 15 is 0 Å². The summed E-state index contributed by atoms with van der Waals surface area (Å²) < 4.78 is 25.8. The summed E-state index contributed by atoms with van der Waals surface area (Å²) in [6.07, 6.45) is 0. The van der Waals surface area contributed by atoms with E-state index in [-0.39, 0.29) is 10.7 Å². The Hall–Kier alpha value is -1.81. The van der Waals surface area contributed by atoms with E-state index in [2.05, 4.69) is 0 Å². The van der Waals surface area contributed by atoms with Crippen LogP contribution in [0.15, 0.2) is 59.5 Å². The molecule has 0 radical (unpaired) electrons. The number of ketones is 1. The molecule has 2 nitrogen and oxygen atoms in total. The summed E-state index contributed by atoms with van der Waals surface area (Å²) in [4.78, 5) is 12.2. The van der Waals surface area contributed by atoms with Gasteiger partial charge in [-0.05, 0) is 19.1 Å². The molecule has 0 N–H and O–H groups in total. The van der Waals surface area contributed by atoms with Crippen molar-refractivity contribution in [2.24, 2.45) is 0 Å². The highest BCUT2D eigenvalue weighted by molar-refractivity contribution is 7.86. The van der Waals surface area contributed by atoms with Gasteiger partial charge in [0, 0.05) is 5.56 Å². The van der Waals surface area contributed by atoms with Gasteiger partial charge in [-0.3, -0.25) is 9.00 Å². The molecule has 0 aliphatic rings. The van der Waals surface area contributed by atoms with Crippen LogP contribution in [0.4, 0.5) is 4.39 Å². The van der Waals surface area contributed by atoms with Gasteiger partial charge < -0.3 is 0 Å². The Morgan fingerprint density at radius 2 is 1.63 bits per heavy atom. The lowest BCUT2D eigenvalue weighted by Crippen LogP contribution is -2.23. The number of carbonyl (C=O) groups is 1. The number of hydrogen-bond acceptors (Lipinski definition) is 2. The molecule has 0 heterocycles. The predicted molar refractivity (Wildman–Crippen MR) is 73.0 cm³/mol. The van der Waals surface area contributed by atoms with Crippen molar-refractivity contribution in [3.05, 3.63) is 66.0 Å². The molecule has 2 aromatic rings. The first-order valence-electron chi connectivity index (χ1n) is 5.85. The van der Waals surface area contributed by atoms with Crippen LogP contribution in [0.5, 0.6) is 0 Å². The Labute approximate surface area is 113 Å². The fourth-order valence-electron chi connectivity index (χ4n) is 1.73. The van der Waals surface area contributed by atoms with Gasteiger partial charge in [0.1, 0.15) is 5.82 Å². The van der Waals surface area contributed by atoms with E-state index in [9.17, 15) is 13.4 Å². The molecule has 0 saturated heterocycles. The average molecular weight is 276 g/mol. The lowest BCUT2D eigenvalue weighted by molar-refractivity contribution is 0.0992. The zero-order valence-electron chi connectivity index (χ0n) is 10.4. The van der Waals surface area contributed by atoms with Crippen molar-refractivity contribution >= 4 is 16.6 Å². The molecule has 98 valence electrons. The molecular formula is C15H13FO2S. The van der Waals surface area contributed by atoms with Crippen LogP contribution in [-0.4, -0.2) is 15.2 Å². The molecule has 2 atom stereocenters. The zero-order valence-corrected chi connectivity index (χ0v) is 11.2. The van der Waals surface area contributed by atoms with Crippen molar-refractivity contribution in [2.75, 3.05) is 0 Å². The van der Waals surface area contributed by atoms with Crippen molar-refractivity contribution in [3.63, 3.8) is 0 Å². The maximum Gasteiger partial charge on any atom is 0.178 e. The Morgan fingerprint density at radius 1 is 1.05 bits per heavy atom. The van der Waals surface area contributed by atoms with Gasteiger partial charge in [0.2, 0.25) is 0 Å². The second-order valence-corrected chi connectivity index (χ2v) is 5.84. The molecule has 0 fully saturated rings. The van der Waals surface area contributed by atoms with E-state index in [1.807, 2.05) is 0 Å². The third-order valence-electron chi connectivity index (χ3n) is 2.80. The summed E-state index contributed by atoms with van der Waals surface area (Å²) in [6.45, 7) is 1.55. The average Bonchev–Trinajstić information content (AvgIpc) is 2.46. The van der Waals surface area contributed by atoms with Gasteiger partial charge in [0.05, 0.1) is 20.9 Å². The quantitative estimate of drug-likeness (QED) is 0.804. The summed E-state index contributed by atoms with van der Waals surface area (Å²) in [5.41, 5.74) is 0.486. The molecular weight excluding hydrogens is 263 g/mol. The monoisotopic (exact) mass is 276 g/mol. The van der Waals surface area contributed by atoms with Crippen LogP contribution >= 0.6 is 0 Å². The van der Waals surface area contributed by atoms with E-state index in [0.29, 0.717) is 5.56 Å². The molecule has 0 aliphatic carbocycles. The zero-order chi connectivity index (χ0) is 13.8. The normalized spacial score (nSPS) is 13.8. The highest BCUT2D eigenvalue weighted by atomic mass is 32.2. The number of Topliss-reactive ketones (excluding diaryl/α,β-unsaturated/α-hetero) is 1. The number of carbonyl (C=O) groups excluding carboxylic acids is 1. The predicted octanol–water partition coefficient (Wildman–Crippen LogP) is 3.20. The molecule has 2 unspecified atom stereocenters. The fraction of sp³-hybridized carbons (Fsp3) is 0.133. The van der Waals surface area contributed by atoms with Crippen molar-refractivity contribution in [1.29, 1.82) is 0 Å². The fourth-order valence-corrected chi connectivity index (χ4v) is 2.92. The third-order valence-corrected chi connectivity index (χ3v) is 4.42. The highest BCUT2D eigenvalue weighted by Gasteiger charge is 2.24.